The van der Waals surface area contributed by atoms with Crippen LogP contribution in [0, 0.1) is 5.82 Å². The van der Waals surface area contributed by atoms with Gasteiger partial charge in [-0.05, 0) is 23.1 Å². The number of aromatic nitrogens is 3. The molecular formula is C7H3ClFN3S. The molecule has 0 saturated heterocycles. The summed E-state index contributed by atoms with van der Waals surface area (Å²) in [5.41, 5.74) is 0.806. The van der Waals surface area contributed by atoms with Crippen LogP contribution in [0.25, 0.3) is 11.3 Å². The van der Waals surface area contributed by atoms with Crippen molar-refractivity contribution in [2.24, 2.45) is 0 Å². The quantitative estimate of drug-likeness (QED) is 0.686. The Labute approximate surface area is 82.4 Å². The van der Waals surface area contributed by atoms with E-state index in [1.807, 2.05) is 0 Å². The predicted octanol–water partition coefficient (Wildman–Crippen LogP) is 2.39. The molecule has 0 aliphatic carbocycles. The predicted molar refractivity (Wildman–Crippen MR) is 48.1 cm³/mol. The van der Waals surface area contributed by atoms with Crippen molar-refractivity contribution in [2.75, 3.05) is 0 Å². The van der Waals surface area contributed by atoms with E-state index in [1.165, 1.54) is 17.7 Å². The van der Waals surface area contributed by atoms with Crippen molar-refractivity contribution in [3.63, 3.8) is 0 Å². The number of rotatable bonds is 1. The van der Waals surface area contributed by atoms with Gasteiger partial charge in [-0.25, -0.2) is 18.7 Å². The monoisotopic (exact) mass is 215 g/mol. The molecule has 0 unspecified atom stereocenters. The van der Waals surface area contributed by atoms with Gasteiger partial charge in [-0.15, -0.1) is 0 Å². The first-order chi connectivity index (χ1) is 6.27. The fraction of sp³-hybridized carbons (Fsp3) is 0. The van der Waals surface area contributed by atoms with E-state index in [9.17, 15) is 4.39 Å². The summed E-state index contributed by atoms with van der Waals surface area (Å²) < 4.78 is 17.0. The maximum Gasteiger partial charge on any atom is 0.223 e. The first-order valence-corrected chi connectivity index (χ1v) is 4.56. The first kappa shape index (κ1) is 8.52. The molecule has 0 bridgehead atoms. The van der Waals surface area contributed by atoms with Crippen LogP contribution in [0.3, 0.4) is 0 Å². The minimum atomic E-state index is -0.496. The van der Waals surface area contributed by atoms with Crippen molar-refractivity contribution in [1.29, 1.82) is 0 Å². The third kappa shape index (κ3) is 1.66. The lowest BCUT2D eigenvalue weighted by Crippen LogP contribution is -1.90. The standard InChI is InChI=1S/C7H3ClFN3S/c8-7-10-2-5(9)6(12-7)4-1-11-13-3-4/h1-3H. The van der Waals surface area contributed by atoms with Gasteiger partial charge in [0.05, 0.1) is 12.4 Å². The van der Waals surface area contributed by atoms with Gasteiger partial charge in [0, 0.05) is 10.9 Å². The summed E-state index contributed by atoms with van der Waals surface area (Å²) in [5.74, 6) is -0.496. The zero-order valence-corrected chi connectivity index (χ0v) is 7.81. The summed E-state index contributed by atoms with van der Waals surface area (Å²) in [6, 6.07) is 0. The van der Waals surface area contributed by atoms with Gasteiger partial charge in [-0.2, -0.15) is 0 Å². The normalized spacial score (nSPS) is 10.3. The smallest absolute Gasteiger partial charge is 0.223 e. The number of halogens is 2. The molecule has 2 aromatic heterocycles. The van der Waals surface area contributed by atoms with Crippen LogP contribution in [0.1, 0.15) is 0 Å². The second-order valence-corrected chi connectivity index (χ2v) is 3.24. The highest BCUT2D eigenvalue weighted by Crippen LogP contribution is 2.21. The fourth-order valence-electron chi connectivity index (χ4n) is 0.870. The number of nitrogens with zero attached hydrogens (tertiary/aromatic N) is 3. The molecule has 2 heterocycles. The molecule has 3 nitrogen and oxygen atoms in total. The summed E-state index contributed by atoms with van der Waals surface area (Å²) in [6.45, 7) is 0. The van der Waals surface area contributed by atoms with Crippen LogP contribution < -0.4 is 0 Å². The fourth-order valence-corrected chi connectivity index (χ4v) is 1.52. The Bertz CT molecular complexity index is 418. The lowest BCUT2D eigenvalue weighted by molar-refractivity contribution is 0.618. The molecule has 0 saturated carbocycles. The van der Waals surface area contributed by atoms with Crippen molar-refractivity contribution >= 4 is 23.1 Å². The second kappa shape index (κ2) is 3.35. The van der Waals surface area contributed by atoms with E-state index in [1.54, 1.807) is 5.38 Å². The van der Waals surface area contributed by atoms with E-state index < -0.39 is 5.82 Å². The molecule has 6 heteroatoms. The number of hydrogen-bond donors (Lipinski definition) is 0. The van der Waals surface area contributed by atoms with Gasteiger partial charge in [0.1, 0.15) is 5.69 Å². The Kier molecular flexibility index (Phi) is 2.20. The van der Waals surface area contributed by atoms with Crippen LogP contribution in [-0.4, -0.2) is 14.3 Å². The van der Waals surface area contributed by atoms with E-state index in [-0.39, 0.29) is 11.0 Å². The van der Waals surface area contributed by atoms with Gasteiger partial charge in [0.25, 0.3) is 0 Å². The topological polar surface area (TPSA) is 38.7 Å². The molecule has 2 rings (SSSR count). The average Bonchev–Trinajstić information content (AvgIpc) is 2.61. The van der Waals surface area contributed by atoms with Gasteiger partial charge >= 0.3 is 0 Å². The van der Waals surface area contributed by atoms with Crippen molar-refractivity contribution in [2.45, 2.75) is 0 Å². The summed E-state index contributed by atoms with van der Waals surface area (Å²) in [7, 11) is 0. The Balaban J connectivity index is 2.57. The molecule has 0 fully saturated rings. The second-order valence-electron chi connectivity index (χ2n) is 2.25. The lowest BCUT2D eigenvalue weighted by atomic mass is 10.2. The highest BCUT2D eigenvalue weighted by Gasteiger charge is 2.08. The van der Waals surface area contributed by atoms with Gasteiger partial charge < -0.3 is 0 Å². The zero-order chi connectivity index (χ0) is 9.26. The first-order valence-electron chi connectivity index (χ1n) is 3.35. The van der Waals surface area contributed by atoms with Crippen LogP contribution in [0.15, 0.2) is 17.8 Å². The van der Waals surface area contributed by atoms with Crippen LogP contribution in [0.4, 0.5) is 4.39 Å². The SMILES string of the molecule is Fc1cnc(Cl)nc1-c1cnsc1. The summed E-state index contributed by atoms with van der Waals surface area (Å²) in [4.78, 5) is 7.27. The third-order valence-corrected chi connectivity index (χ3v) is 2.19. The molecule has 2 aromatic rings. The van der Waals surface area contributed by atoms with E-state index in [0.29, 0.717) is 5.56 Å². The highest BCUT2D eigenvalue weighted by molar-refractivity contribution is 7.03. The average molecular weight is 216 g/mol. The van der Waals surface area contributed by atoms with Crippen molar-refractivity contribution < 1.29 is 4.39 Å². The van der Waals surface area contributed by atoms with E-state index in [0.717, 1.165) is 6.20 Å². The van der Waals surface area contributed by atoms with E-state index in [2.05, 4.69) is 14.3 Å². The van der Waals surface area contributed by atoms with E-state index >= 15 is 0 Å². The van der Waals surface area contributed by atoms with Crippen molar-refractivity contribution in [3.05, 3.63) is 28.9 Å². The maximum absolute atomic E-state index is 13.1. The molecule has 0 radical (unpaired) electrons. The highest BCUT2D eigenvalue weighted by atomic mass is 35.5. The molecular weight excluding hydrogens is 213 g/mol. The maximum atomic E-state index is 13.1. The Morgan fingerprint density at radius 2 is 2.23 bits per heavy atom. The Morgan fingerprint density at radius 3 is 2.92 bits per heavy atom. The van der Waals surface area contributed by atoms with Crippen LogP contribution >= 0.6 is 23.1 Å². The summed E-state index contributed by atoms with van der Waals surface area (Å²) in [5, 5.41) is 1.73. The minimum Gasteiger partial charge on any atom is -0.223 e. The van der Waals surface area contributed by atoms with Gasteiger partial charge in [-0.1, -0.05) is 0 Å². The van der Waals surface area contributed by atoms with Crippen LogP contribution in [0.2, 0.25) is 5.28 Å². The van der Waals surface area contributed by atoms with Crippen LogP contribution in [0.5, 0.6) is 0 Å². The molecule has 13 heavy (non-hydrogen) atoms. The molecule has 0 aromatic carbocycles. The Hall–Kier alpha value is -1.07. The van der Waals surface area contributed by atoms with Crippen molar-refractivity contribution in [1.82, 2.24) is 14.3 Å². The lowest BCUT2D eigenvalue weighted by Gasteiger charge is -1.97. The largest absolute Gasteiger partial charge is 0.223 e. The van der Waals surface area contributed by atoms with Gasteiger partial charge in [0.2, 0.25) is 5.28 Å². The van der Waals surface area contributed by atoms with Gasteiger partial charge in [-0.3, -0.25) is 0 Å². The minimum absolute atomic E-state index is 0.0302. The van der Waals surface area contributed by atoms with E-state index in [4.69, 9.17) is 11.6 Å². The molecule has 0 N–H and O–H groups in total. The zero-order valence-electron chi connectivity index (χ0n) is 6.24. The number of hydrogen-bond acceptors (Lipinski definition) is 4. The molecule has 0 atom stereocenters. The summed E-state index contributed by atoms with van der Waals surface area (Å²) >= 11 is 6.76. The van der Waals surface area contributed by atoms with Crippen molar-refractivity contribution in [3.8, 4) is 11.3 Å². The molecule has 0 aliphatic heterocycles. The van der Waals surface area contributed by atoms with Gasteiger partial charge in [0.15, 0.2) is 5.82 Å². The molecule has 0 spiro atoms. The van der Waals surface area contributed by atoms with Crippen LogP contribution in [-0.2, 0) is 0 Å². The molecule has 66 valence electrons. The summed E-state index contributed by atoms with van der Waals surface area (Å²) in [6.07, 6.45) is 2.58. The molecule has 0 amide bonds. The third-order valence-electron chi connectivity index (χ3n) is 1.42. The Morgan fingerprint density at radius 1 is 1.38 bits per heavy atom. The molecule has 0 aliphatic rings.